The van der Waals surface area contributed by atoms with E-state index in [1.807, 2.05) is 37.3 Å². The Morgan fingerprint density at radius 1 is 1.15 bits per heavy atom. The molecule has 4 aromatic rings. The average Bonchev–Trinajstić information content (AvgIpc) is 3.21. The summed E-state index contributed by atoms with van der Waals surface area (Å²) in [5, 5.41) is 14.8. The first kappa shape index (κ1) is 22.8. The van der Waals surface area contributed by atoms with Crippen LogP contribution in [-0.2, 0) is 16.0 Å². The molecule has 0 aliphatic carbocycles. The van der Waals surface area contributed by atoms with Gasteiger partial charge in [-0.1, -0.05) is 31.2 Å². The van der Waals surface area contributed by atoms with Crippen molar-refractivity contribution in [1.82, 2.24) is 9.97 Å². The number of rotatable bonds is 9. The van der Waals surface area contributed by atoms with Crippen molar-refractivity contribution >= 4 is 40.5 Å². The molecule has 1 amide bonds. The van der Waals surface area contributed by atoms with Gasteiger partial charge < -0.3 is 24.9 Å². The van der Waals surface area contributed by atoms with E-state index in [1.165, 1.54) is 0 Å². The molecule has 0 aliphatic rings. The summed E-state index contributed by atoms with van der Waals surface area (Å²) in [7, 11) is 1.59. The van der Waals surface area contributed by atoms with Crippen molar-refractivity contribution in [1.29, 1.82) is 0 Å². The minimum atomic E-state index is -0.865. The van der Waals surface area contributed by atoms with E-state index in [0.717, 1.165) is 16.8 Å². The molecule has 1 atom stereocenters. The van der Waals surface area contributed by atoms with Crippen LogP contribution < -0.4 is 15.4 Å². The molecule has 0 bridgehead atoms. The highest BCUT2D eigenvalue weighted by atomic mass is 16.5. The topological polar surface area (TPSA) is 127 Å². The summed E-state index contributed by atoms with van der Waals surface area (Å²) < 4.78 is 11.1. The van der Waals surface area contributed by atoms with Gasteiger partial charge in [-0.3, -0.25) is 9.59 Å². The lowest BCUT2D eigenvalue weighted by atomic mass is 10.00. The number of hydrogen-bond donors (Lipinski definition) is 3. The number of carbonyl (C=O) groups excluding carboxylic acids is 1. The molecule has 9 heteroatoms. The number of hydrogen-bond acceptors (Lipinski definition) is 7. The molecule has 34 heavy (non-hydrogen) atoms. The first-order valence-electron chi connectivity index (χ1n) is 10.7. The quantitative estimate of drug-likeness (QED) is 0.327. The van der Waals surface area contributed by atoms with Crippen LogP contribution in [0.4, 0.5) is 17.5 Å². The minimum absolute atomic E-state index is 0.0215. The van der Waals surface area contributed by atoms with Crippen molar-refractivity contribution in [3.8, 4) is 5.75 Å². The van der Waals surface area contributed by atoms with E-state index < -0.39 is 5.97 Å². The molecule has 2 heterocycles. The molecule has 174 valence electrons. The van der Waals surface area contributed by atoms with Crippen LogP contribution in [0.25, 0.3) is 11.1 Å². The fraction of sp³-hybridized carbons (Fsp3) is 0.200. The molecule has 1 unspecified atom stereocenters. The van der Waals surface area contributed by atoms with Gasteiger partial charge in [0.05, 0.1) is 25.6 Å². The van der Waals surface area contributed by atoms with Gasteiger partial charge >= 0.3 is 5.97 Å². The summed E-state index contributed by atoms with van der Waals surface area (Å²) in [4.78, 5) is 32.0. The highest BCUT2D eigenvalue weighted by Gasteiger charge is 2.13. The Kier molecular flexibility index (Phi) is 6.72. The molecule has 0 saturated heterocycles. The van der Waals surface area contributed by atoms with E-state index in [-0.39, 0.29) is 24.7 Å². The number of carboxylic acids is 1. The van der Waals surface area contributed by atoms with Gasteiger partial charge in [-0.25, -0.2) is 4.98 Å². The Bertz CT molecular complexity index is 1320. The summed E-state index contributed by atoms with van der Waals surface area (Å²) in [6.45, 7) is 1.82. The first-order valence-corrected chi connectivity index (χ1v) is 10.7. The number of aromatic nitrogens is 2. The number of benzene rings is 2. The van der Waals surface area contributed by atoms with Crippen molar-refractivity contribution in [2.24, 2.45) is 0 Å². The number of para-hydroxylation sites is 2. The molecule has 0 aliphatic heterocycles. The maximum atomic E-state index is 12.5. The van der Waals surface area contributed by atoms with Gasteiger partial charge in [-0.05, 0) is 47.4 Å². The van der Waals surface area contributed by atoms with E-state index in [4.69, 9.17) is 14.3 Å². The smallest absolute Gasteiger partial charge is 0.303 e. The number of oxazole rings is 1. The normalized spacial score (nSPS) is 11.7. The van der Waals surface area contributed by atoms with Crippen molar-refractivity contribution in [3.63, 3.8) is 0 Å². The standard InChI is InChI=1S/C25H24N4O5/c1-15(11-24(31)32)17-8-10-22(26-14-17)29-23(30)13-16-7-9-19-21(12-16)34-25(28-19)27-18-5-3-4-6-20(18)33-2/h3-10,12,14-15H,11,13H2,1-2H3,(H,27,28)(H,31,32)(H,26,29,30). The van der Waals surface area contributed by atoms with Gasteiger partial charge in [0, 0.05) is 6.20 Å². The average molecular weight is 460 g/mol. The highest BCUT2D eigenvalue weighted by Crippen LogP contribution is 2.29. The van der Waals surface area contributed by atoms with Gasteiger partial charge in [-0.2, -0.15) is 4.98 Å². The SMILES string of the molecule is COc1ccccc1Nc1nc2ccc(CC(=O)Nc3ccc(C(C)CC(=O)O)cn3)cc2o1. The van der Waals surface area contributed by atoms with Crippen LogP contribution in [-0.4, -0.2) is 34.1 Å². The number of nitrogens with one attached hydrogen (secondary N) is 2. The van der Waals surface area contributed by atoms with Gasteiger partial charge in [0.25, 0.3) is 6.01 Å². The molecule has 3 N–H and O–H groups in total. The second-order valence-corrected chi connectivity index (χ2v) is 7.85. The van der Waals surface area contributed by atoms with Crippen LogP contribution in [0.15, 0.2) is 65.2 Å². The van der Waals surface area contributed by atoms with Crippen LogP contribution in [0, 0.1) is 0 Å². The van der Waals surface area contributed by atoms with E-state index in [9.17, 15) is 9.59 Å². The molecule has 0 radical (unpaired) electrons. The molecular formula is C25H24N4O5. The maximum Gasteiger partial charge on any atom is 0.303 e. The summed E-state index contributed by atoms with van der Waals surface area (Å²) >= 11 is 0. The largest absolute Gasteiger partial charge is 0.495 e. The third-order valence-electron chi connectivity index (χ3n) is 5.27. The van der Waals surface area contributed by atoms with Gasteiger partial charge in [-0.15, -0.1) is 0 Å². The number of carbonyl (C=O) groups is 2. The zero-order chi connectivity index (χ0) is 24.1. The van der Waals surface area contributed by atoms with Crippen molar-refractivity contribution in [2.45, 2.75) is 25.7 Å². The van der Waals surface area contributed by atoms with Crippen LogP contribution in [0.3, 0.4) is 0 Å². The number of anilines is 3. The fourth-order valence-corrected chi connectivity index (χ4v) is 3.52. The number of aliphatic carboxylic acids is 1. The third kappa shape index (κ3) is 5.50. The number of fused-ring (bicyclic) bond motifs is 1. The van der Waals surface area contributed by atoms with E-state index in [1.54, 1.807) is 37.6 Å². The zero-order valence-electron chi connectivity index (χ0n) is 18.7. The van der Waals surface area contributed by atoms with Gasteiger partial charge in [0.1, 0.15) is 17.1 Å². The summed E-state index contributed by atoms with van der Waals surface area (Å²) in [6, 6.07) is 16.6. The number of pyridine rings is 1. The first-order chi connectivity index (χ1) is 16.4. The number of methoxy groups -OCH3 is 1. The Morgan fingerprint density at radius 2 is 1.97 bits per heavy atom. The second-order valence-electron chi connectivity index (χ2n) is 7.85. The summed E-state index contributed by atoms with van der Waals surface area (Å²) in [5.41, 5.74) is 3.50. The van der Waals surface area contributed by atoms with Crippen LogP contribution in [0.1, 0.15) is 30.4 Å². The van der Waals surface area contributed by atoms with Gasteiger partial charge in [0.15, 0.2) is 5.58 Å². The lowest BCUT2D eigenvalue weighted by Crippen LogP contribution is -2.15. The predicted octanol–water partition coefficient (Wildman–Crippen LogP) is 4.73. The highest BCUT2D eigenvalue weighted by molar-refractivity contribution is 5.92. The number of amides is 1. The van der Waals surface area contributed by atoms with Crippen molar-refractivity contribution in [3.05, 3.63) is 71.9 Å². The van der Waals surface area contributed by atoms with E-state index >= 15 is 0 Å². The lowest BCUT2D eigenvalue weighted by molar-refractivity contribution is -0.137. The summed E-state index contributed by atoms with van der Waals surface area (Å²) in [6.07, 6.45) is 1.73. The molecule has 0 saturated carbocycles. The number of nitrogens with zero attached hydrogens (tertiary/aromatic N) is 2. The molecule has 0 spiro atoms. The maximum absolute atomic E-state index is 12.5. The molecular weight excluding hydrogens is 436 g/mol. The predicted molar refractivity (Wildman–Crippen MR) is 128 cm³/mol. The summed E-state index contributed by atoms with van der Waals surface area (Å²) in [5.74, 6) is -0.187. The molecule has 2 aromatic heterocycles. The zero-order valence-corrected chi connectivity index (χ0v) is 18.7. The monoisotopic (exact) mass is 460 g/mol. The Morgan fingerprint density at radius 3 is 2.71 bits per heavy atom. The molecule has 9 nitrogen and oxygen atoms in total. The van der Waals surface area contributed by atoms with Crippen molar-refractivity contribution < 1.29 is 23.8 Å². The van der Waals surface area contributed by atoms with Crippen LogP contribution in [0.5, 0.6) is 5.75 Å². The van der Waals surface area contributed by atoms with E-state index in [0.29, 0.717) is 28.7 Å². The molecule has 2 aromatic carbocycles. The van der Waals surface area contributed by atoms with Crippen LogP contribution >= 0.6 is 0 Å². The Balaban J connectivity index is 1.40. The second kappa shape index (κ2) is 10.0. The molecule has 4 rings (SSSR count). The lowest BCUT2D eigenvalue weighted by Gasteiger charge is -2.10. The fourth-order valence-electron chi connectivity index (χ4n) is 3.52. The minimum Gasteiger partial charge on any atom is -0.495 e. The Labute approximate surface area is 195 Å². The number of ether oxygens (including phenoxy) is 1. The Hall–Kier alpha value is -4.40. The van der Waals surface area contributed by atoms with E-state index in [2.05, 4.69) is 20.6 Å². The van der Waals surface area contributed by atoms with Crippen LogP contribution in [0.2, 0.25) is 0 Å². The third-order valence-corrected chi connectivity index (χ3v) is 5.27. The van der Waals surface area contributed by atoms with Crippen molar-refractivity contribution in [2.75, 3.05) is 17.7 Å². The number of carboxylic acid groups (broad SMARTS) is 1. The van der Waals surface area contributed by atoms with Gasteiger partial charge in [0.2, 0.25) is 5.91 Å². The molecule has 0 fully saturated rings.